The Kier molecular flexibility index (Phi) is 3.67. The molecule has 1 aromatic heterocycles. The van der Waals surface area contributed by atoms with Crippen LogP contribution < -0.4 is 5.73 Å². The fraction of sp³-hybridized carbons (Fsp3) is 0.429. The van der Waals surface area contributed by atoms with Crippen LogP contribution in [0.4, 0.5) is 5.95 Å². The number of benzene rings is 1. The summed E-state index contributed by atoms with van der Waals surface area (Å²) in [5.74, 6) is 0.0468. The van der Waals surface area contributed by atoms with Gasteiger partial charge in [0, 0.05) is 0 Å². The number of carbonyl (C=O) groups is 1. The molecule has 0 aliphatic carbocycles. The number of nitrogen functional groups attached to an aromatic ring is 1. The minimum atomic E-state index is -0.883. The van der Waals surface area contributed by atoms with Crippen LogP contribution in [-0.4, -0.2) is 33.3 Å². The smallest absolute Gasteiger partial charge is 0.309 e. The van der Waals surface area contributed by atoms with E-state index >= 15 is 0 Å². The number of methoxy groups -OCH3 is 1. The van der Waals surface area contributed by atoms with Crippen molar-refractivity contribution in [2.75, 3.05) is 12.8 Å². The van der Waals surface area contributed by atoms with Gasteiger partial charge in [0.2, 0.25) is 5.95 Å². The lowest BCUT2D eigenvalue weighted by Crippen LogP contribution is -2.26. The molecule has 2 aromatic rings. The Labute approximate surface area is 117 Å². The average molecular weight is 277 g/mol. The molecule has 0 saturated carbocycles. The lowest BCUT2D eigenvalue weighted by molar-refractivity contribution is -0.139. The number of rotatable bonds is 4. The topological polar surface area (TPSA) is 90.4 Å². The average Bonchev–Trinajstić information content (AvgIpc) is 2.63. The number of aromatic nitrogens is 2. The monoisotopic (exact) mass is 277 g/mol. The van der Waals surface area contributed by atoms with E-state index in [2.05, 4.69) is 9.72 Å². The molecule has 0 unspecified atom stereocenters. The molecule has 3 N–H and O–H groups in total. The normalized spacial score (nSPS) is 11.8. The summed E-state index contributed by atoms with van der Waals surface area (Å²) in [5.41, 5.74) is 7.36. The van der Waals surface area contributed by atoms with Crippen molar-refractivity contribution < 1.29 is 14.6 Å². The highest BCUT2D eigenvalue weighted by Crippen LogP contribution is 2.22. The van der Waals surface area contributed by atoms with Crippen LogP contribution in [-0.2, 0) is 22.5 Å². The van der Waals surface area contributed by atoms with Crippen LogP contribution in [0, 0.1) is 0 Å². The van der Waals surface area contributed by atoms with E-state index in [0.717, 1.165) is 11.1 Å². The van der Waals surface area contributed by atoms with Gasteiger partial charge >= 0.3 is 5.97 Å². The minimum absolute atomic E-state index is 0.199. The van der Waals surface area contributed by atoms with Crippen molar-refractivity contribution in [1.82, 2.24) is 9.55 Å². The van der Waals surface area contributed by atoms with Gasteiger partial charge in [0.1, 0.15) is 0 Å². The van der Waals surface area contributed by atoms with Gasteiger partial charge in [0.15, 0.2) is 0 Å². The first-order valence-corrected chi connectivity index (χ1v) is 6.34. The highest BCUT2D eigenvalue weighted by atomic mass is 16.5. The van der Waals surface area contributed by atoms with E-state index in [9.17, 15) is 9.90 Å². The number of anilines is 1. The van der Waals surface area contributed by atoms with Gasteiger partial charge in [0.25, 0.3) is 0 Å². The van der Waals surface area contributed by atoms with E-state index in [0.29, 0.717) is 18.0 Å². The Morgan fingerprint density at radius 2 is 2.20 bits per heavy atom. The third kappa shape index (κ3) is 3.08. The molecule has 0 amide bonds. The maximum atomic E-state index is 11.3. The van der Waals surface area contributed by atoms with Crippen LogP contribution in [0.25, 0.3) is 11.0 Å². The van der Waals surface area contributed by atoms with Crippen LogP contribution in [0.1, 0.15) is 19.4 Å². The molecule has 108 valence electrons. The van der Waals surface area contributed by atoms with E-state index in [-0.39, 0.29) is 12.4 Å². The lowest BCUT2D eigenvalue weighted by atomic mass is 10.1. The Bertz CT molecular complexity index is 641. The highest BCUT2D eigenvalue weighted by Gasteiger charge is 2.18. The van der Waals surface area contributed by atoms with Crippen molar-refractivity contribution in [2.45, 2.75) is 32.4 Å². The predicted molar refractivity (Wildman–Crippen MR) is 76.2 cm³/mol. The van der Waals surface area contributed by atoms with Crippen LogP contribution in [0.2, 0.25) is 0 Å². The van der Waals surface area contributed by atoms with Crippen molar-refractivity contribution in [3.63, 3.8) is 0 Å². The zero-order chi connectivity index (χ0) is 14.9. The first-order chi connectivity index (χ1) is 9.30. The predicted octanol–water partition coefficient (Wildman–Crippen LogP) is 1.10. The summed E-state index contributed by atoms with van der Waals surface area (Å²) in [6.07, 6.45) is 0.199. The third-order valence-corrected chi connectivity index (χ3v) is 2.96. The number of carbonyl (C=O) groups excluding carboxylic acids is 1. The standard InChI is InChI=1S/C14H19N3O3/c1-14(2,19)8-17-11-5-4-9(7-12(18)20-3)6-10(11)16-13(17)15/h4-6,19H,7-8H2,1-3H3,(H2,15,16). The molecule has 0 spiro atoms. The van der Waals surface area contributed by atoms with Gasteiger partial charge < -0.3 is 20.1 Å². The molecule has 0 atom stereocenters. The molecule has 1 aromatic carbocycles. The molecule has 20 heavy (non-hydrogen) atoms. The Hall–Kier alpha value is -2.08. The summed E-state index contributed by atoms with van der Waals surface area (Å²) in [5, 5.41) is 9.91. The number of fused-ring (bicyclic) bond motifs is 1. The van der Waals surface area contributed by atoms with E-state index in [4.69, 9.17) is 5.73 Å². The van der Waals surface area contributed by atoms with Crippen LogP contribution in [0.15, 0.2) is 18.2 Å². The zero-order valence-corrected chi connectivity index (χ0v) is 11.9. The summed E-state index contributed by atoms with van der Waals surface area (Å²) < 4.78 is 6.40. The van der Waals surface area contributed by atoms with E-state index in [1.807, 2.05) is 18.2 Å². The number of hydrogen-bond acceptors (Lipinski definition) is 5. The maximum absolute atomic E-state index is 11.3. The number of nitrogens with zero attached hydrogens (tertiary/aromatic N) is 2. The fourth-order valence-electron chi connectivity index (χ4n) is 2.10. The quantitative estimate of drug-likeness (QED) is 0.817. The van der Waals surface area contributed by atoms with Crippen molar-refractivity contribution in [3.05, 3.63) is 23.8 Å². The number of esters is 1. The van der Waals surface area contributed by atoms with Crippen LogP contribution in [0.5, 0.6) is 0 Å². The summed E-state index contributed by atoms with van der Waals surface area (Å²) in [6.45, 7) is 3.78. The maximum Gasteiger partial charge on any atom is 0.309 e. The molecule has 2 rings (SSSR count). The molecule has 0 saturated heterocycles. The number of ether oxygens (including phenoxy) is 1. The van der Waals surface area contributed by atoms with Crippen LogP contribution in [0.3, 0.4) is 0 Å². The number of hydrogen-bond donors (Lipinski definition) is 2. The van der Waals surface area contributed by atoms with Gasteiger partial charge in [-0.2, -0.15) is 0 Å². The first kappa shape index (κ1) is 14.3. The van der Waals surface area contributed by atoms with Crippen molar-refractivity contribution in [3.8, 4) is 0 Å². The van der Waals surface area contributed by atoms with Gasteiger partial charge in [-0.15, -0.1) is 0 Å². The molecule has 0 radical (unpaired) electrons. The van der Waals surface area contributed by atoms with E-state index in [1.54, 1.807) is 18.4 Å². The fourth-order valence-corrected chi connectivity index (χ4v) is 2.10. The molecule has 0 fully saturated rings. The molecule has 0 aliphatic rings. The number of nitrogens with two attached hydrogens (primary N) is 1. The van der Waals surface area contributed by atoms with Gasteiger partial charge in [-0.05, 0) is 31.5 Å². The van der Waals surface area contributed by atoms with Crippen molar-refractivity contribution in [1.29, 1.82) is 0 Å². The second-order valence-corrected chi connectivity index (χ2v) is 5.44. The second-order valence-electron chi connectivity index (χ2n) is 5.44. The summed E-state index contributed by atoms with van der Waals surface area (Å²) >= 11 is 0. The van der Waals surface area contributed by atoms with Crippen LogP contribution >= 0.6 is 0 Å². The van der Waals surface area contributed by atoms with E-state index in [1.165, 1.54) is 7.11 Å². The molecule has 0 bridgehead atoms. The SMILES string of the molecule is COC(=O)Cc1ccc2c(c1)nc(N)n2CC(C)(C)O. The summed E-state index contributed by atoms with van der Waals surface area (Å²) in [4.78, 5) is 15.5. The number of imidazole rings is 1. The Balaban J connectivity index is 2.39. The zero-order valence-electron chi connectivity index (χ0n) is 11.9. The van der Waals surface area contributed by atoms with Gasteiger partial charge in [-0.25, -0.2) is 4.98 Å². The van der Waals surface area contributed by atoms with Crippen molar-refractivity contribution in [2.24, 2.45) is 0 Å². The third-order valence-electron chi connectivity index (χ3n) is 2.96. The molecule has 0 aliphatic heterocycles. The van der Waals surface area contributed by atoms with Gasteiger partial charge in [0.05, 0.1) is 36.7 Å². The molecule has 6 heteroatoms. The van der Waals surface area contributed by atoms with E-state index < -0.39 is 5.60 Å². The van der Waals surface area contributed by atoms with Gasteiger partial charge in [-0.1, -0.05) is 6.07 Å². The first-order valence-electron chi connectivity index (χ1n) is 6.34. The Morgan fingerprint density at radius 3 is 2.80 bits per heavy atom. The summed E-state index contributed by atoms with van der Waals surface area (Å²) in [6, 6.07) is 5.49. The lowest BCUT2D eigenvalue weighted by Gasteiger charge is -2.19. The van der Waals surface area contributed by atoms with Crippen molar-refractivity contribution >= 4 is 23.0 Å². The summed E-state index contributed by atoms with van der Waals surface area (Å²) in [7, 11) is 1.36. The molecule has 6 nitrogen and oxygen atoms in total. The second kappa shape index (κ2) is 5.13. The molecular formula is C14H19N3O3. The van der Waals surface area contributed by atoms with Gasteiger partial charge in [-0.3, -0.25) is 4.79 Å². The largest absolute Gasteiger partial charge is 0.469 e. The Morgan fingerprint density at radius 1 is 1.50 bits per heavy atom. The number of aliphatic hydroxyl groups is 1. The minimum Gasteiger partial charge on any atom is -0.469 e. The molecular weight excluding hydrogens is 258 g/mol. The molecule has 1 heterocycles. The highest BCUT2D eigenvalue weighted by molar-refractivity contribution is 5.81.